The highest BCUT2D eigenvalue weighted by atomic mass is 19.4. The highest BCUT2D eigenvalue weighted by Crippen LogP contribution is 2.45. The molecule has 1 heterocycles. The normalized spacial score (nSPS) is 17.4. The van der Waals surface area contributed by atoms with Crippen molar-refractivity contribution in [3.8, 4) is 6.07 Å². The predicted octanol–water partition coefficient (Wildman–Crippen LogP) is 4.13. The number of nitriles is 1. The summed E-state index contributed by atoms with van der Waals surface area (Å²) in [6.07, 6.45) is -3.85. The van der Waals surface area contributed by atoms with Gasteiger partial charge in [-0.3, -0.25) is 0 Å². The molecule has 0 amide bonds. The number of carbonyl (C=O) groups is 1. The van der Waals surface area contributed by atoms with Crippen LogP contribution < -0.4 is 5.73 Å². The fourth-order valence-electron chi connectivity index (χ4n) is 2.98. The largest absolute Gasteiger partial charge is 0.463 e. The van der Waals surface area contributed by atoms with Crippen LogP contribution in [0.25, 0.3) is 0 Å². The van der Waals surface area contributed by atoms with Crippen LogP contribution in [0.15, 0.2) is 47.1 Å². The third-order valence-electron chi connectivity index (χ3n) is 4.05. The Bertz CT molecular complexity index is 835. The minimum Gasteiger partial charge on any atom is -0.463 e. The first-order chi connectivity index (χ1) is 12.8. The molecule has 5 nitrogen and oxygen atoms in total. The number of ether oxygens (including phenoxy) is 2. The second-order valence-corrected chi connectivity index (χ2v) is 5.82. The molecular formula is C19H19F3N2O3. The highest BCUT2D eigenvalue weighted by molar-refractivity contribution is 5.92. The maximum absolute atomic E-state index is 13.6. The molecule has 0 fully saturated rings. The van der Waals surface area contributed by atoms with E-state index in [1.54, 1.807) is 13.0 Å². The maximum atomic E-state index is 13.6. The van der Waals surface area contributed by atoms with E-state index in [4.69, 9.17) is 15.2 Å². The number of rotatable bonds is 5. The monoisotopic (exact) mass is 380 g/mol. The Morgan fingerprint density at radius 1 is 1.33 bits per heavy atom. The van der Waals surface area contributed by atoms with Crippen molar-refractivity contribution in [1.82, 2.24) is 0 Å². The van der Waals surface area contributed by atoms with E-state index in [1.807, 2.05) is 6.92 Å². The summed E-state index contributed by atoms with van der Waals surface area (Å²) in [4.78, 5) is 12.6. The summed E-state index contributed by atoms with van der Waals surface area (Å²) in [6.45, 7) is 3.42. The number of hydrogen-bond donors (Lipinski definition) is 1. The second kappa shape index (κ2) is 8.16. The summed E-state index contributed by atoms with van der Waals surface area (Å²) in [5, 5.41) is 9.51. The molecule has 1 aliphatic rings. The Kier molecular flexibility index (Phi) is 6.16. The second-order valence-electron chi connectivity index (χ2n) is 5.82. The van der Waals surface area contributed by atoms with Gasteiger partial charge in [-0.25, -0.2) is 4.79 Å². The van der Waals surface area contributed by atoms with Crippen molar-refractivity contribution in [1.29, 1.82) is 5.26 Å². The van der Waals surface area contributed by atoms with Crippen molar-refractivity contribution in [2.45, 2.75) is 38.8 Å². The SMILES string of the molecule is CCCC1=C(C(=O)OCC)C(c2ccccc2C(F)(F)F)C(C#N)=C(N)O1. The van der Waals surface area contributed by atoms with E-state index in [0.29, 0.717) is 6.42 Å². The van der Waals surface area contributed by atoms with Crippen LogP contribution in [0.5, 0.6) is 0 Å². The summed E-state index contributed by atoms with van der Waals surface area (Å²) in [6, 6.07) is 6.57. The van der Waals surface area contributed by atoms with Gasteiger partial charge in [0.25, 0.3) is 0 Å². The fraction of sp³-hybridized carbons (Fsp3) is 0.368. The third-order valence-corrected chi connectivity index (χ3v) is 4.05. The van der Waals surface area contributed by atoms with Gasteiger partial charge in [0.1, 0.15) is 17.4 Å². The van der Waals surface area contributed by atoms with Gasteiger partial charge in [-0.15, -0.1) is 0 Å². The summed E-state index contributed by atoms with van der Waals surface area (Å²) >= 11 is 0. The number of hydrogen-bond acceptors (Lipinski definition) is 5. The lowest BCUT2D eigenvalue weighted by Gasteiger charge is -2.29. The molecule has 0 saturated heterocycles. The lowest BCUT2D eigenvalue weighted by molar-refractivity contribution is -0.141. The van der Waals surface area contributed by atoms with Crippen LogP contribution in [0, 0.1) is 11.3 Å². The first-order valence-corrected chi connectivity index (χ1v) is 8.40. The average molecular weight is 380 g/mol. The number of esters is 1. The Morgan fingerprint density at radius 3 is 2.56 bits per heavy atom. The summed E-state index contributed by atoms with van der Waals surface area (Å²) in [5.74, 6) is -2.34. The molecular weight excluding hydrogens is 361 g/mol. The van der Waals surface area contributed by atoms with E-state index in [1.165, 1.54) is 18.2 Å². The Labute approximate surface area is 154 Å². The van der Waals surface area contributed by atoms with Gasteiger partial charge >= 0.3 is 12.1 Å². The number of carbonyl (C=O) groups excluding carboxylic acids is 1. The molecule has 0 aromatic heterocycles. The van der Waals surface area contributed by atoms with Crippen molar-refractivity contribution >= 4 is 5.97 Å². The first-order valence-electron chi connectivity index (χ1n) is 8.40. The van der Waals surface area contributed by atoms with Gasteiger partial charge in [-0.1, -0.05) is 25.1 Å². The average Bonchev–Trinajstić information content (AvgIpc) is 2.61. The number of nitrogens with zero attached hydrogens (tertiary/aromatic N) is 1. The lowest BCUT2D eigenvalue weighted by Crippen LogP contribution is -2.27. The van der Waals surface area contributed by atoms with Gasteiger partial charge < -0.3 is 15.2 Å². The number of nitrogens with two attached hydrogens (primary N) is 1. The molecule has 8 heteroatoms. The summed E-state index contributed by atoms with van der Waals surface area (Å²) < 4.78 is 51.1. The zero-order valence-electron chi connectivity index (χ0n) is 14.9. The molecule has 2 N–H and O–H groups in total. The molecule has 0 saturated carbocycles. The van der Waals surface area contributed by atoms with Gasteiger partial charge in [-0.05, 0) is 25.0 Å². The molecule has 144 valence electrons. The van der Waals surface area contributed by atoms with Gasteiger partial charge in [0, 0.05) is 6.42 Å². The minimum absolute atomic E-state index is 0.0243. The van der Waals surface area contributed by atoms with Crippen LogP contribution in [-0.2, 0) is 20.4 Å². The van der Waals surface area contributed by atoms with Crippen LogP contribution in [0.1, 0.15) is 43.7 Å². The molecule has 1 atom stereocenters. The van der Waals surface area contributed by atoms with Crippen molar-refractivity contribution in [2.75, 3.05) is 6.61 Å². The minimum atomic E-state index is -4.67. The first kappa shape index (κ1) is 20.4. The maximum Gasteiger partial charge on any atom is 0.416 e. The predicted molar refractivity (Wildman–Crippen MR) is 90.7 cm³/mol. The van der Waals surface area contributed by atoms with Crippen LogP contribution in [-0.4, -0.2) is 12.6 Å². The molecule has 1 aromatic rings. The number of allylic oxidation sites excluding steroid dienone is 2. The van der Waals surface area contributed by atoms with E-state index >= 15 is 0 Å². The van der Waals surface area contributed by atoms with Crippen LogP contribution in [0.4, 0.5) is 13.2 Å². The van der Waals surface area contributed by atoms with E-state index in [2.05, 4.69) is 0 Å². The summed E-state index contributed by atoms with van der Waals surface area (Å²) in [7, 11) is 0. The lowest BCUT2D eigenvalue weighted by atomic mass is 9.80. The van der Waals surface area contributed by atoms with E-state index in [0.717, 1.165) is 6.07 Å². The third kappa shape index (κ3) is 4.08. The van der Waals surface area contributed by atoms with Crippen molar-refractivity contribution in [3.05, 3.63) is 58.2 Å². The van der Waals surface area contributed by atoms with Gasteiger partial charge in [0.2, 0.25) is 5.88 Å². The van der Waals surface area contributed by atoms with Crippen LogP contribution >= 0.6 is 0 Å². The fourth-order valence-corrected chi connectivity index (χ4v) is 2.98. The topological polar surface area (TPSA) is 85.3 Å². The van der Waals surface area contributed by atoms with Crippen molar-refractivity contribution in [2.24, 2.45) is 5.73 Å². The zero-order valence-corrected chi connectivity index (χ0v) is 14.9. The number of halogens is 3. The Morgan fingerprint density at radius 2 is 2.00 bits per heavy atom. The van der Waals surface area contributed by atoms with Gasteiger partial charge in [-0.2, -0.15) is 18.4 Å². The Hall–Kier alpha value is -2.95. The van der Waals surface area contributed by atoms with E-state index in [-0.39, 0.29) is 41.4 Å². The molecule has 1 aliphatic heterocycles. The standard InChI is InChI=1S/C19H19F3N2O3/c1-3-7-14-16(18(25)26-4-2)15(12(10-23)17(24)27-14)11-8-5-6-9-13(11)19(20,21)22/h5-6,8-9,15H,3-4,7,24H2,1-2H3. The molecule has 0 bridgehead atoms. The molecule has 0 radical (unpaired) electrons. The van der Waals surface area contributed by atoms with Gasteiger partial charge in [0.05, 0.1) is 23.7 Å². The Balaban J connectivity index is 2.79. The molecule has 1 aromatic carbocycles. The summed E-state index contributed by atoms with van der Waals surface area (Å²) in [5.41, 5.74) is 4.23. The van der Waals surface area contributed by atoms with Gasteiger partial charge in [0.15, 0.2) is 0 Å². The quantitative estimate of drug-likeness (QED) is 0.777. The molecule has 2 rings (SSSR count). The smallest absolute Gasteiger partial charge is 0.416 e. The van der Waals surface area contributed by atoms with Crippen molar-refractivity contribution in [3.63, 3.8) is 0 Å². The van der Waals surface area contributed by atoms with E-state index in [9.17, 15) is 23.2 Å². The van der Waals surface area contributed by atoms with Crippen LogP contribution in [0.2, 0.25) is 0 Å². The van der Waals surface area contributed by atoms with Crippen LogP contribution in [0.3, 0.4) is 0 Å². The van der Waals surface area contributed by atoms with E-state index < -0.39 is 23.6 Å². The molecule has 0 aliphatic carbocycles. The van der Waals surface area contributed by atoms with Crippen molar-refractivity contribution < 1.29 is 27.4 Å². The molecule has 27 heavy (non-hydrogen) atoms. The number of alkyl halides is 3. The zero-order chi connectivity index (χ0) is 20.2. The molecule has 1 unspecified atom stereocenters. The number of benzene rings is 1. The highest BCUT2D eigenvalue weighted by Gasteiger charge is 2.42. The molecule has 0 spiro atoms.